The number of benzene rings is 1. The number of amides is 4. The number of urea groups is 1. The number of carbonyl (C=O) groups is 4. The van der Waals surface area contributed by atoms with Gasteiger partial charge in [0.15, 0.2) is 12.7 Å². The average molecular weight is 349 g/mol. The van der Waals surface area contributed by atoms with Crippen molar-refractivity contribution in [3.63, 3.8) is 0 Å². The molecule has 3 N–H and O–H groups in total. The van der Waals surface area contributed by atoms with Gasteiger partial charge in [-0.3, -0.25) is 14.9 Å². The summed E-state index contributed by atoms with van der Waals surface area (Å²) in [6.45, 7) is 4.70. The quantitative estimate of drug-likeness (QED) is 0.691. The maximum Gasteiger partial charge on any atom is 0.339 e. The summed E-state index contributed by atoms with van der Waals surface area (Å²) in [4.78, 5) is 46.7. The van der Waals surface area contributed by atoms with Gasteiger partial charge in [0.25, 0.3) is 11.8 Å². The molecule has 1 aromatic carbocycles. The summed E-state index contributed by atoms with van der Waals surface area (Å²) in [5, 5.41) is 7.17. The molecule has 1 aliphatic heterocycles. The molecule has 0 saturated carbocycles. The Labute approximate surface area is 144 Å². The fourth-order valence-corrected chi connectivity index (χ4v) is 2.00. The Balaban J connectivity index is 1.96. The van der Waals surface area contributed by atoms with Crippen LogP contribution >= 0.6 is 0 Å². The fourth-order valence-electron chi connectivity index (χ4n) is 2.00. The van der Waals surface area contributed by atoms with Crippen LogP contribution in [0, 0.1) is 0 Å². The number of hydrogen-bond acceptors (Lipinski definition) is 6. The molecule has 1 heterocycles. The molecule has 0 aliphatic carbocycles. The van der Waals surface area contributed by atoms with E-state index in [-0.39, 0.29) is 24.1 Å². The molecule has 0 saturated heterocycles. The highest BCUT2D eigenvalue weighted by molar-refractivity contribution is 6.00. The molecule has 25 heavy (non-hydrogen) atoms. The standard InChI is InChI=1S/C16H19N3O6/c1-8(2)17-16(23)19-14(21)9(3)25-15(22)10-4-5-11-12(6-10)24-7-13(20)18-11/h4-6,8-9H,7H2,1-3H3,(H,18,20)(H2,17,19,21,23)/t9-/m1/s1. The summed E-state index contributed by atoms with van der Waals surface area (Å²) in [6.07, 6.45) is -1.16. The van der Waals surface area contributed by atoms with Crippen LogP contribution in [-0.2, 0) is 14.3 Å². The lowest BCUT2D eigenvalue weighted by Crippen LogP contribution is -2.46. The summed E-state index contributed by atoms with van der Waals surface area (Å²) >= 11 is 0. The Bertz CT molecular complexity index is 716. The van der Waals surface area contributed by atoms with E-state index in [2.05, 4.69) is 16.0 Å². The van der Waals surface area contributed by atoms with Crippen molar-refractivity contribution in [2.45, 2.75) is 32.9 Å². The first kappa shape index (κ1) is 18.2. The van der Waals surface area contributed by atoms with Gasteiger partial charge in [-0.1, -0.05) is 0 Å². The smallest absolute Gasteiger partial charge is 0.339 e. The third-order valence-electron chi connectivity index (χ3n) is 3.16. The highest BCUT2D eigenvalue weighted by Gasteiger charge is 2.23. The largest absolute Gasteiger partial charge is 0.482 e. The first-order valence-electron chi connectivity index (χ1n) is 7.65. The van der Waals surface area contributed by atoms with E-state index in [1.807, 2.05) is 0 Å². The van der Waals surface area contributed by atoms with E-state index >= 15 is 0 Å². The summed E-state index contributed by atoms with van der Waals surface area (Å²) in [5.41, 5.74) is 0.602. The van der Waals surface area contributed by atoms with Crippen molar-refractivity contribution >= 4 is 29.5 Å². The van der Waals surface area contributed by atoms with Crippen molar-refractivity contribution in [1.82, 2.24) is 10.6 Å². The molecule has 0 unspecified atom stereocenters. The van der Waals surface area contributed by atoms with Crippen LogP contribution in [0.1, 0.15) is 31.1 Å². The first-order valence-corrected chi connectivity index (χ1v) is 7.65. The molecular weight excluding hydrogens is 330 g/mol. The topological polar surface area (TPSA) is 123 Å². The molecule has 0 bridgehead atoms. The minimum absolute atomic E-state index is 0.137. The highest BCUT2D eigenvalue weighted by Crippen LogP contribution is 2.28. The molecule has 9 nitrogen and oxygen atoms in total. The number of rotatable bonds is 4. The van der Waals surface area contributed by atoms with Crippen LogP contribution in [0.2, 0.25) is 0 Å². The number of hydrogen-bond donors (Lipinski definition) is 3. The predicted molar refractivity (Wildman–Crippen MR) is 87.3 cm³/mol. The first-order chi connectivity index (χ1) is 11.8. The van der Waals surface area contributed by atoms with Crippen LogP contribution in [0.15, 0.2) is 18.2 Å². The average Bonchev–Trinajstić information content (AvgIpc) is 2.53. The third kappa shape index (κ3) is 4.93. The van der Waals surface area contributed by atoms with Gasteiger partial charge in [0, 0.05) is 6.04 Å². The minimum atomic E-state index is -1.16. The maximum atomic E-state index is 12.1. The molecule has 2 rings (SSSR count). The Morgan fingerprint density at radius 1 is 1.24 bits per heavy atom. The molecule has 134 valence electrons. The summed E-state index contributed by atoms with van der Waals surface area (Å²) < 4.78 is 10.3. The Kier molecular flexibility index (Phi) is 5.58. The van der Waals surface area contributed by atoms with E-state index in [9.17, 15) is 19.2 Å². The fraction of sp³-hybridized carbons (Fsp3) is 0.375. The van der Waals surface area contributed by atoms with Gasteiger partial charge in [0.2, 0.25) is 0 Å². The van der Waals surface area contributed by atoms with Gasteiger partial charge < -0.3 is 20.1 Å². The lowest BCUT2D eigenvalue weighted by atomic mass is 10.1. The normalized spacial score (nSPS) is 13.8. The Morgan fingerprint density at radius 2 is 1.96 bits per heavy atom. The van der Waals surface area contributed by atoms with E-state index in [1.165, 1.54) is 25.1 Å². The number of imide groups is 1. The highest BCUT2D eigenvalue weighted by atomic mass is 16.5. The van der Waals surface area contributed by atoms with Crippen LogP contribution in [0.5, 0.6) is 5.75 Å². The van der Waals surface area contributed by atoms with Gasteiger partial charge in [-0.15, -0.1) is 0 Å². The lowest BCUT2D eigenvalue weighted by Gasteiger charge is -2.19. The number of esters is 1. The van der Waals surface area contributed by atoms with Crippen molar-refractivity contribution in [3.05, 3.63) is 23.8 Å². The van der Waals surface area contributed by atoms with Crippen molar-refractivity contribution in [2.24, 2.45) is 0 Å². The molecule has 9 heteroatoms. The second kappa shape index (κ2) is 7.65. The minimum Gasteiger partial charge on any atom is -0.482 e. The lowest BCUT2D eigenvalue weighted by molar-refractivity contribution is -0.128. The van der Waals surface area contributed by atoms with E-state index in [1.54, 1.807) is 13.8 Å². The van der Waals surface area contributed by atoms with E-state index in [4.69, 9.17) is 9.47 Å². The molecule has 1 aromatic rings. The van der Waals surface area contributed by atoms with Crippen LogP contribution in [0.3, 0.4) is 0 Å². The van der Waals surface area contributed by atoms with Gasteiger partial charge in [-0.2, -0.15) is 0 Å². The van der Waals surface area contributed by atoms with Crippen LogP contribution in [0.25, 0.3) is 0 Å². The van der Waals surface area contributed by atoms with E-state index in [0.29, 0.717) is 11.4 Å². The number of carbonyl (C=O) groups excluding carboxylic acids is 4. The number of nitrogens with one attached hydrogen (secondary N) is 3. The molecule has 0 fully saturated rings. The number of ether oxygens (including phenoxy) is 2. The van der Waals surface area contributed by atoms with Gasteiger partial charge in [0.05, 0.1) is 11.3 Å². The number of fused-ring (bicyclic) bond motifs is 1. The third-order valence-corrected chi connectivity index (χ3v) is 3.16. The zero-order chi connectivity index (χ0) is 18.6. The zero-order valence-electron chi connectivity index (χ0n) is 14.0. The Hall–Kier alpha value is -3.10. The van der Waals surface area contributed by atoms with Gasteiger partial charge in [-0.25, -0.2) is 9.59 Å². The van der Waals surface area contributed by atoms with Gasteiger partial charge >= 0.3 is 12.0 Å². The molecule has 0 aromatic heterocycles. The molecule has 0 spiro atoms. The molecular formula is C16H19N3O6. The summed E-state index contributed by atoms with van der Waals surface area (Å²) in [7, 11) is 0. The maximum absolute atomic E-state index is 12.1. The van der Waals surface area contributed by atoms with Crippen LogP contribution in [0.4, 0.5) is 10.5 Å². The van der Waals surface area contributed by atoms with Gasteiger partial charge in [0.1, 0.15) is 5.75 Å². The van der Waals surface area contributed by atoms with E-state index < -0.39 is 24.0 Å². The van der Waals surface area contributed by atoms with Crippen molar-refractivity contribution in [1.29, 1.82) is 0 Å². The van der Waals surface area contributed by atoms with Crippen molar-refractivity contribution < 1.29 is 28.7 Å². The van der Waals surface area contributed by atoms with Crippen molar-refractivity contribution in [3.8, 4) is 5.75 Å². The Morgan fingerprint density at radius 3 is 2.64 bits per heavy atom. The molecule has 1 atom stereocenters. The summed E-state index contributed by atoms with van der Waals surface area (Å²) in [6, 6.07) is 3.55. The van der Waals surface area contributed by atoms with E-state index in [0.717, 1.165) is 0 Å². The molecule has 1 aliphatic rings. The summed E-state index contributed by atoms with van der Waals surface area (Å²) in [5.74, 6) is -1.45. The monoisotopic (exact) mass is 349 g/mol. The number of anilines is 1. The van der Waals surface area contributed by atoms with Crippen LogP contribution in [-0.4, -0.2) is 42.6 Å². The SMILES string of the molecule is CC(C)NC(=O)NC(=O)[C@@H](C)OC(=O)c1ccc2c(c1)OCC(=O)N2. The van der Waals surface area contributed by atoms with Crippen LogP contribution < -0.4 is 20.7 Å². The molecule has 4 amide bonds. The predicted octanol–water partition coefficient (Wildman–Crippen LogP) is 0.797. The molecule has 0 radical (unpaired) electrons. The zero-order valence-corrected chi connectivity index (χ0v) is 14.0. The second-order valence-corrected chi connectivity index (χ2v) is 5.71. The van der Waals surface area contributed by atoms with Gasteiger partial charge in [-0.05, 0) is 39.0 Å². The second-order valence-electron chi connectivity index (χ2n) is 5.71. The van der Waals surface area contributed by atoms with Crippen molar-refractivity contribution in [2.75, 3.05) is 11.9 Å².